The molecule has 0 aliphatic rings. The predicted octanol–water partition coefficient (Wildman–Crippen LogP) is 5.29. The number of benzene rings is 3. The first-order valence-electron chi connectivity index (χ1n) is 8.81. The first-order valence-corrected chi connectivity index (χ1v) is 9.93. The van der Waals surface area contributed by atoms with Crippen LogP contribution < -0.4 is 10.3 Å². The lowest BCUT2D eigenvalue weighted by atomic mass is 10.1. The molecule has 4 aromatic rings. The summed E-state index contributed by atoms with van der Waals surface area (Å²) in [4.78, 5) is 17.9. The van der Waals surface area contributed by atoms with Gasteiger partial charge in [0.1, 0.15) is 17.1 Å². The fourth-order valence-corrected chi connectivity index (χ4v) is 3.31. The fraction of sp³-hybridized carbons (Fsp3) is 0.0435. The van der Waals surface area contributed by atoms with Crippen LogP contribution in [0.4, 0.5) is 0 Å². The maximum absolute atomic E-state index is 13.2. The molecule has 0 aliphatic heterocycles. The van der Waals surface area contributed by atoms with Crippen LogP contribution in [-0.4, -0.2) is 15.1 Å². The van der Waals surface area contributed by atoms with E-state index in [9.17, 15) is 4.79 Å². The summed E-state index contributed by atoms with van der Waals surface area (Å²) in [6, 6.07) is 24.6. The van der Waals surface area contributed by atoms with Gasteiger partial charge in [0.25, 0.3) is 5.56 Å². The van der Waals surface area contributed by atoms with E-state index in [1.165, 1.54) is 0 Å². The van der Waals surface area contributed by atoms with Crippen LogP contribution in [-0.2, 0) is 0 Å². The van der Waals surface area contributed by atoms with E-state index in [2.05, 4.69) is 15.9 Å². The van der Waals surface area contributed by atoms with Crippen LogP contribution in [0.5, 0.6) is 5.75 Å². The lowest BCUT2D eigenvalue weighted by molar-refractivity contribution is 0.397. The SMILES string of the molecule is O=c1c2ccccc2nc(/C=C/c2ccccc2OCBr)n1-c1ccccc1. The minimum absolute atomic E-state index is 0.0959. The lowest BCUT2D eigenvalue weighted by Gasteiger charge is -2.11. The van der Waals surface area contributed by atoms with Crippen LogP contribution in [0.15, 0.2) is 83.7 Å². The molecule has 0 saturated carbocycles. The molecule has 0 spiro atoms. The highest BCUT2D eigenvalue weighted by Crippen LogP contribution is 2.22. The summed E-state index contributed by atoms with van der Waals surface area (Å²) in [5.74, 6) is 1.31. The number of para-hydroxylation sites is 3. The first-order chi connectivity index (χ1) is 13.8. The summed E-state index contributed by atoms with van der Waals surface area (Å²) in [6.07, 6.45) is 3.76. The Labute approximate surface area is 170 Å². The molecule has 1 aromatic heterocycles. The van der Waals surface area contributed by atoms with Crippen molar-refractivity contribution < 1.29 is 4.74 Å². The lowest BCUT2D eigenvalue weighted by Crippen LogP contribution is -2.22. The molecule has 5 heteroatoms. The van der Waals surface area contributed by atoms with Gasteiger partial charge in [0, 0.05) is 5.56 Å². The molecule has 0 N–H and O–H groups in total. The number of alkyl halides is 1. The van der Waals surface area contributed by atoms with Crippen molar-refractivity contribution in [3.63, 3.8) is 0 Å². The van der Waals surface area contributed by atoms with Crippen molar-refractivity contribution in [2.45, 2.75) is 0 Å². The first kappa shape index (κ1) is 18.2. The number of ether oxygens (including phenoxy) is 1. The van der Waals surface area contributed by atoms with Gasteiger partial charge in [-0.05, 0) is 58.4 Å². The number of aromatic nitrogens is 2. The number of fused-ring (bicyclic) bond motifs is 1. The van der Waals surface area contributed by atoms with Gasteiger partial charge in [-0.3, -0.25) is 9.36 Å². The molecule has 0 aliphatic carbocycles. The highest BCUT2D eigenvalue weighted by Gasteiger charge is 2.11. The second-order valence-electron chi connectivity index (χ2n) is 6.09. The third-order valence-electron chi connectivity index (χ3n) is 4.36. The summed E-state index contributed by atoms with van der Waals surface area (Å²) >= 11 is 3.29. The highest BCUT2D eigenvalue weighted by atomic mass is 79.9. The molecule has 0 unspecified atom stereocenters. The zero-order valence-corrected chi connectivity index (χ0v) is 16.5. The van der Waals surface area contributed by atoms with Crippen molar-refractivity contribution in [3.05, 3.63) is 101 Å². The van der Waals surface area contributed by atoms with Crippen LogP contribution in [0.1, 0.15) is 11.4 Å². The van der Waals surface area contributed by atoms with E-state index >= 15 is 0 Å². The van der Waals surface area contributed by atoms with Gasteiger partial charge < -0.3 is 4.74 Å². The van der Waals surface area contributed by atoms with Gasteiger partial charge in [-0.1, -0.05) is 48.5 Å². The van der Waals surface area contributed by atoms with Crippen LogP contribution in [0.2, 0.25) is 0 Å². The molecular weight excluding hydrogens is 416 g/mol. The van der Waals surface area contributed by atoms with Crippen molar-refractivity contribution >= 4 is 39.0 Å². The van der Waals surface area contributed by atoms with E-state index in [0.717, 1.165) is 17.0 Å². The smallest absolute Gasteiger partial charge is 0.266 e. The van der Waals surface area contributed by atoms with Crippen molar-refractivity contribution in [1.82, 2.24) is 9.55 Å². The third-order valence-corrected chi connectivity index (χ3v) is 4.59. The second kappa shape index (κ2) is 8.23. The van der Waals surface area contributed by atoms with Gasteiger partial charge in [-0.25, -0.2) is 4.98 Å². The molecule has 138 valence electrons. The topological polar surface area (TPSA) is 44.1 Å². The number of hydrogen-bond acceptors (Lipinski definition) is 3. The van der Waals surface area contributed by atoms with E-state index in [0.29, 0.717) is 22.2 Å². The number of hydrogen-bond donors (Lipinski definition) is 0. The minimum Gasteiger partial charge on any atom is -0.482 e. The fourth-order valence-electron chi connectivity index (χ4n) is 3.06. The van der Waals surface area contributed by atoms with Crippen LogP contribution >= 0.6 is 15.9 Å². The zero-order chi connectivity index (χ0) is 19.3. The maximum Gasteiger partial charge on any atom is 0.266 e. The van der Waals surface area contributed by atoms with Crippen LogP contribution in [0, 0.1) is 0 Å². The maximum atomic E-state index is 13.2. The van der Waals surface area contributed by atoms with E-state index in [1.54, 1.807) is 10.6 Å². The predicted molar refractivity (Wildman–Crippen MR) is 117 cm³/mol. The van der Waals surface area contributed by atoms with Gasteiger partial charge in [0.2, 0.25) is 0 Å². The van der Waals surface area contributed by atoms with Gasteiger partial charge in [-0.15, -0.1) is 0 Å². The second-order valence-corrected chi connectivity index (χ2v) is 6.55. The zero-order valence-electron chi connectivity index (χ0n) is 15.0. The van der Waals surface area contributed by atoms with Crippen molar-refractivity contribution in [3.8, 4) is 11.4 Å². The molecule has 0 atom stereocenters. The molecule has 0 fully saturated rings. The average Bonchev–Trinajstić information content (AvgIpc) is 2.74. The Morgan fingerprint density at radius 3 is 2.43 bits per heavy atom. The quantitative estimate of drug-likeness (QED) is 0.402. The van der Waals surface area contributed by atoms with Crippen LogP contribution in [0.3, 0.4) is 0 Å². The Morgan fingerprint density at radius 2 is 1.61 bits per heavy atom. The van der Waals surface area contributed by atoms with Crippen molar-refractivity contribution in [1.29, 1.82) is 0 Å². The third kappa shape index (κ3) is 3.62. The Morgan fingerprint density at radius 1 is 0.893 bits per heavy atom. The Balaban J connectivity index is 1.90. The summed E-state index contributed by atoms with van der Waals surface area (Å²) in [5, 5.41) is 0.589. The largest absolute Gasteiger partial charge is 0.482 e. The molecule has 3 aromatic carbocycles. The molecule has 0 bridgehead atoms. The Hall–Kier alpha value is -3.18. The van der Waals surface area contributed by atoms with Gasteiger partial charge >= 0.3 is 0 Å². The molecule has 0 radical (unpaired) electrons. The van der Waals surface area contributed by atoms with Gasteiger partial charge in [-0.2, -0.15) is 0 Å². The number of rotatable bonds is 5. The van der Waals surface area contributed by atoms with E-state index in [-0.39, 0.29) is 5.56 Å². The summed E-state index contributed by atoms with van der Waals surface area (Å²) < 4.78 is 7.24. The monoisotopic (exact) mass is 432 g/mol. The summed E-state index contributed by atoms with van der Waals surface area (Å²) in [5.41, 5.74) is 2.66. The average molecular weight is 433 g/mol. The van der Waals surface area contributed by atoms with Crippen molar-refractivity contribution in [2.75, 3.05) is 5.52 Å². The van der Waals surface area contributed by atoms with Crippen LogP contribution in [0.25, 0.3) is 28.7 Å². The van der Waals surface area contributed by atoms with E-state index in [4.69, 9.17) is 9.72 Å². The van der Waals surface area contributed by atoms with Gasteiger partial charge in [0.15, 0.2) is 0 Å². The number of halogens is 1. The molecule has 28 heavy (non-hydrogen) atoms. The Bertz CT molecular complexity index is 1200. The van der Waals surface area contributed by atoms with E-state index < -0.39 is 0 Å². The van der Waals surface area contributed by atoms with Crippen molar-refractivity contribution in [2.24, 2.45) is 0 Å². The minimum atomic E-state index is -0.0959. The highest BCUT2D eigenvalue weighted by molar-refractivity contribution is 9.09. The summed E-state index contributed by atoms with van der Waals surface area (Å²) in [6.45, 7) is 0. The standard InChI is InChI=1S/C23H17BrN2O2/c24-16-28-21-13-7-4-8-17(21)14-15-22-25-20-12-6-5-11-19(20)23(27)26(22)18-9-2-1-3-10-18/h1-15H,16H2/b15-14+. The Kier molecular flexibility index (Phi) is 5.35. The normalized spacial score (nSPS) is 11.2. The molecule has 1 heterocycles. The molecular formula is C23H17BrN2O2. The van der Waals surface area contributed by atoms with Gasteiger partial charge in [0.05, 0.1) is 16.6 Å². The molecule has 4 rings (SSSR count). The number of nitrogens with zero attached hydrogens (tertiary/aromatic N) is 2. The molecule has 0 saturated heterocycles. The summed E-state index contributed by atoms with van der Waals surface area (Å²) in [7, 11) is 0. The van der Waals surface area contributed by atoms with E-state index in [1.807, 2.05) is 84.9 Å². The molecule has 0 amide bonds. The molecule has 4 nitrogen and oxygen atoms in total.